The van der Waals surface area contributed by atoms with Crippen LogP contribution >= 0.6 is 0 Å². The standard InChI is InChI=1S/C17H20N6O2/c1-2-5-13-19-17(25-22-13)12-8-4-9-23-14(20-21-15(12)23)10-18-16(24)11-6-3-7-11/h4,8-9,11H,2-3,5-7,10H2,1H3,(H,18,24). The van der Waals surface area contributed by atoms with Gasteiger partial charge in [0.25, 0.3) is 5.89 Å². The summed E-state index contributed by atoms with van der Waals surface area (Å²) in [5.74, 6) is 2.06. The van der Waals surface area contributed by atoms with E-state index < -0.39 is 0 Å². The van der Waals surface area contributed by atoms with Crippen molar-refractivity contribution in [1.82, 2.24) is 30.1 Å². The first kappa shape index (κ1) is 15.7. The molecule has 8 nitrogen and oxygen atoms in total. The number of aromatic nitrogens is 5. The number of rotatable bonds is 6. The van der Waals surface area contributed by atoms with E-state index in [0.29, 0.717) is 29.7 Å². The van der Waals surface area contributed by atoms with Gasteiger partial charge in [-0.2, -0.15) is 4.98 Å². The molecule has 4 rings (SSSR count). The number of pyridine rings is 1. The maximum atomic E-state index is 12.0. The average molecular weight is 340 g/mol. The van der Waals surface area contributed by atoms with E-state index in [0.717, 1.165) is 37.7 Å². The summed E-state index contributed by atoms with van der Waals surface area (Å²) in [5.41, 5.74) is 1.38. The Morgan fingerprint density at radius 1 is 1.40 bits per heavy atom. The molecule has 3 aromatic rings. The molecule has 3 aromatic heterocycles. The molecule has 25 heavy (non-hydrogen) atoms. The maximum Gasteiger partial charge on any atom is 0.261 e. The Labute approximate surface area is 144 Å². The number of hydrogen-bond donors (Lipinski definition) is 1. The molecule has 0 unspecified atom stereocenters. The molecule has 1 aliphatic carbocycles. The van der Waals surface area contributed by atoms with Crippen LogP contribution in [0.4, 0.5) is 0 Å². The Hall–Kier alpha value is -2.77. The molecule has 0 spiro atoms. The summed E-state index contributed by atoms with van der Waals surface area (Å²) in [6.07, 6.45) is 6.70. The summed E-state index contributed by atoms with van der Waals surface area (Å²) in [5, 5.41) is 15.4. The van der Waals surface area contributed by atoms with Crippen LogP contribution in [0, 0.1) is 5.92 Å². The van der Waals surface area contributed by atoms with Crippen molar-refractivity contribution in [1.29, 1.82) is 0 Å². The highest BCUT2D eigenvalue weighted by Crippen LogP contribution is 2.26. The van der Waals surface area contributed by atoms with Gasteiger partial charge in [0, 0.05) is 18.5 Å². The van der Waals surface area contributed by atoms with Crippen molar-refractivity contribution in [2.45, 2.75) is 45.6 Å². The minimum Gasteiger partial charge on any atom is -0.349 e. The molecule has 1 N–H and O–H groups in total. The number of carbonyl (C=O) groups excluding carboxylic acids is 1. The highest BCUT2D eigenvalue weighted by Gasteiger charge is 2.25. The van der Waals surface area contributed by atoms with Crippen LogP contribution in [0.3, 0.4) is 0 Å². The van der Waals surface area contributed by atoms with Gasteiger partial charge in [0.15, 0.2) is 17.3 Å². The molecule has 130 valence electrons. The quantitative estimate of drug-likeness (QED) is 0.738. The lowest BCUT2D eigenvalue weighted by Crippen LogP contribution is -2.34. The molecule has 8 heteroatoms. The lowest BCUT2D eigenvalue weighted by Gasteiger charge is -2.23. The minimum atomic E-state index is 0.0975. The van der Waals surface area contributed by atoms with Crippen molar-refractivity contribution in [2.24, 2.45) is 5.92 Å². The molecular weight excluding hydrogens is 320 g/mol. The first-order chi connectivity index (χ1) is 12.3. The number of nitrogens with zero attached hydrogens (tertiary/aromatic N) is 5. The second kappa shape index (κ2) is 6.62. The number of fused-ring (bicyclic) bond motifs is 1. The summed E-state index contributed by atoms with van der Waals surface area (Å²) in [6, 6.07) is 3.76. The zero-order valence-corrected chi connectivity index (χ0v) is 14.1. The molecule has 1 aliphatic rings. The van der Waals surface area contributed by atoms with Crippen LogP contribution in [0.1, 0.15) is 44.3 Å². The van der Waals surface area contributed by atoms with Gasteiger partial charge in [-0.05, 0) is 31.4 Å². The van der Waals surface area contributed by atoms with Crippen molar-refractivity contribution in [2.75, 3.05) is 0 Å². The maximum absolute atomic E-state index is 12.0. The summed E-state index contributed by atoms with van der Waals surface area (Å²) >= 11 is 0. The topological polar surface area (TPSA) is 98.2 Å². The smallest absolute Gasteiger partial charge is 0.261 e. The molecule has 0 saturated heterocycles. The van der Waals surface area contributed by atoms with Gasteiger partial charge >= 0.3 is 0 Å². The molecule has 1 saturated carbocycles. The third-order valence-electron chi connectivity index (χ3n) is 4.57. The molecule has 0 aliphatic heterocycles. The van der Waals surface area contributed by atoms with Crippen molar-refractivity contribution in [3.05, 3.63) is 30.0 Å². The average Bonchev–Trinajstić information content (AvgIpc) is 3.18. The zero-order valence-electron chi connectivity index (χ0n) is 14.1. The van der Waals surface area contributed by atoms with Gasteiger partial charge in [0.1, 0.15) is 0 Å². The highest BCUT2D eigenvalue weighted by molar-refractivity contribution is 5.79. The van der Waals surface area contributed by atoms with E-state index in [2.05, 4.69) is 32.6 Å². The lowest BCUT2D eigenvalue weighted by molar-refractivity contribution is -0.127. The normalized spacial score (nSPS) is 14.6. The third kappa shape index (κ3) is 2.99. The van der Waals surface area contributed by atoms with Gasteiger partial charge in [0.05, 0.1) is 12.1 Å². The number of nitrogens with one attached hydrogen (secondary N) is 1. The Kier molecular flexibility index (Phi) is 4.17. The number of hydrogen-bond acceptors (Lipinski definition) is 6. The van der Waals surface area contributed by atoms with E-state index in [4.69, 9.17) is 4.52 Å². The van der Waals surface area contributed by atoms with Crippen LogP contribution in [0.5, 0.6) is 0 Å². The van der Waals surface area contributed by atoms with Crippen LogP contribution in [-0.4, -0.2) is 30.6 Å². The SMILES string of the molecule is CCCc1noc(-c2cccn3c(CNC(=O)C4CCC4)nnc23)n1. The molecule has 0 aromatic carbocycles. The fourth-order valence-corrected chi connectivity index (χ4v) is 2.92. The fraction of sp³-hybridized carbons (Fsp3) is 0.471. The minimum absolute atomic E-state index is 0.0975. The first-order valence-corrected chi connectivity index (χ1v) is 8.69. The van der Waals surface area contributed by atoms with Gasteiger partial charge in [0.2, 0.25) is 5.91 Å². The van der Waals surface area contributed by atoms with Crippen molar-refractivity contribution >= 4 is 11.6 Å². The van der Waals surface area contributed by atoms with Crippen molar-refractivity contribution < 1.29 is 9.32 Å². The summed E-state index contributed by atoms with van der Waals surface area (Å²) < 4.78 is 7.21. The van der Waals surface area contributed by atoms with Crippen LogP contribution in [-0.2, 0) is 17.8 Å². The van der Waals surface area contributed by atoms with E-state index >= 15 is 0 Å². The lowest BCUT2D eigenvalue weighted by atomic mass is 9.85. The second-order valence-electron chi connectivity index (χ2n) is 6.34. The fourth-order valence-electron chi connectivity index (χ4n) is 2.92. The predicted octanol–water partition coefficient (Wildman–Crippen LogP) is 2.15. The Bertz CT molecular complexity index is 896. The zero-order chi connectivity index (χ0) is 17.2. The van der Waals surface area contributed by atoms with E-state index in [1.807, 2.05) is 22.7 Å². The van der Waals surface area contributed by atoms with E-state index in [1.54, 1.807) is 0 Å². The monoisotopic (exact) mass is 340 g/mol. The molecule has 0 bridgehead atoms. The van der Waals surface area contributed by atoms with Gasteiger partial charge < -0.3 is 9.84 Å². The van der Waals surface area contributed by atoms with Crippen LogP contribution in [0.15, 0.2) is 22.9 Å². The predicted molar refractivity (Wildman–Crippen MR) is 89.5 cm³/mol. The van der Waals surface area contributed by atoms with Crippen LogP contribution in [0.2, 0.25) is 0 Å². The van der Waals surface area contributed by atoms with E-state index in [9.17, 15) is 4.79 Å². The molecule has 0 radical (unpaired) electrons. The number of amides is 1. The Balaban J connectivity index is 1.57. The molecular formula is C17H20N6O2. The molecule has 3 heterocycles. The van der Waals surface area contributed by atoms with Gasteiger partial charge in [-0.25, -0.2) is 0 Å². The van der Waals surface area contributed by atoms with Crippen molar-refractivity contribution in [3.8, 4) is 11.5 Å². The van der Waals surface area contributed by atoms with E-state index in [-0.39, 0.29) is 11.8 Å². The van der Waals surface area contributed by atoms with Gasteiger partial charge in [-0.3, -0.25) is 9.20 Å². The van der Waals surface area contributed by atoms with Crippen molar-refractivity contribution in [3.63, 3.8) is 0 Å². The molecule has 1 amide bonds. The van der Waals surface area contributed by atoms with Gasteiger partial charge in [-0.15, -0.1) is 10.2 Å². The second-order valence-corrected chi connectivity index (χ2v) is 6.34. The highest BCUT2D eigenvalue weighted by atomic mass is 16.5. The van der Waals surface area contributed by atoms with Crippen LogP contribution in [0.25, 0.3) is 17.1 Å². The molecule has 1 fully saturated rings. The summed E-state index contributed by atoms with van der Waals surface area (Å²) in [7, 11) is 0. The Morgan fingerprint density at radius 2 is 2.28 bits per heavy atom. The largest absolute Gasteiger partial charge is 0.349 e. The van der Waals surface area contributed by atoms with Crippen LogP contribution < -0.4 is 5.32 Å². The van der Waals surface area contributed by atoms with Gasteiger partial charge in [-0.1, -0.05) is 18.5 Å². The number of aryl methyl sites for hydroxylation is 1. The number of carbonyl (C=O) groups is 1. The summed E-state index contributed by atoms with van der Waals surface area (Å²) in [6.45, 7) is 2.42. The third-order valence-corrected chi connectivity index (χ3v) is 4.57. The first-order valence-electron chi connectivity index (χ1n) is 8.69. The van der Waals surface area contributed by atoms with E-state index in [1.165, 1.54) is 0 Å². The summed E-state index contributed by atoms with van der Waals surface area (Å²) in [4.78, 5) is 16.4. The Morgan fingerprint density at radius 3 is 3.04 bits per heavy atom. The molecule has 0 atom stereocenters.